The van der Waals surface area contributed by atoms with Gasteiger partial charge >= 0.3 is 6.36 Å². The van der Waals surface area contributed by atoms with Gasteiger partial charge in [0.1, 0.15) is 18.3 Å². The van der Waals surface area contributed by atoms with E-state index < -0.39 is 59.6 Å². The summed E-state index contributed by atoms with van der Waals surface area (Å²) in [5.74, 6) is -3.33. The van der Waals surface area contributed by atoms with Gasteiger partial charge in [0.05, 0.1) is 17.8 Å². The maximum atomic E-state index is 15.2. The van der Waals surface area contributed by atoms with Crippen molar-refractivity contribution in [3.63, 3.8) is 0 Å². The van der Waals surface area contributed by atoms with Crippen LogP contribution in [0.4, 0.5) is 23.3 Å². The van der Waals surface area contributed by atoms with Crippen molar-refractivity contribution in [2.75, 3.05) is 11.7 Å². The predicted molar refractivity (Wildman–Crippen MR) is 123 cm³/mol. The number of nitrogens with zero attached hydrogens (tertiary/aromatic N) is 4. The van der Waals surface area contributed by atoms with E-state index in [2.05, 4.69) is 9.84 Å². The molecule has 0 spiro atoms. The summed E-state index contributed by atoms with van der Waals surface area (Å²) in [5.41, 5.74) is 4.49. The van der Waals surface area contributed by atoms with Gasteiger partial charge < -0.3 is 20.5 Å². The molecule has 2 aromatic carbocycles. The number of aliphatic hydroxyl groups is 1. The van der Waals surface area contributed by atoms with Crippen molar-refractivity contribution in [1.82, 2.24) is 14.7 Å². The lowest BCUT2D eigenvalue weighted by Gasteiger charge is -2.28. The highest BCUT2D eigenvalue weighted by Crippen LogP contribution is 2.59. The Morgan fingerprint density at radius 1 is 1.16 bits per heavy atom. The minimum Gasteiger partial charge on any atom is -0.406 e. The van der Waals surface area contributed by atoms with Crippen LogP contribution in [-0.4, -0.2) is 62.6 Å². The monoisotopic (exact) mass is 535 g/mol. The molecule has 0 radical (unpaired) electrons. The third-order valence-electron chi connectivity index (χ3n) is 6.95. The van der Waals surface area contributed by atoms with E-state index in [1.54, 1.807) is 24.3 Å². The van der Waals surface area contributed by atoms with E-state index in [1.807, 2.05) is 0 Å². The average Bonchev–Trinajstić information content (AvgIpc) is 3.30. The van der Waals surface area contributed by atoms with Crippen LogP contribution in [0.3, 0.4) is 0 Å². The van der Waals surface area contributed by atoms with Gasteiger partial charge in [-0.15, -0.1) is 18.3 Å². The van der Waals surface area contributed by atoms with Crippen LogP contribution in [0.1, 0.15) is 23.3 Å². The zero-order valence-corrected chi connectivity index (χ0v) is 19.6. The summed E-state index contributed by atoms with van der Waals surface area (Å²) in [6.07, 6.45) is -4.66. The second-order valence-corrected chi connectivity index (χ2v) is 9.31. The molecule has 2 heterocycles. The largest absolute Gasteiger partial charge is 0.573 e. The zero-order chi connectivity index (χ0) is 27.4. The third kappa shape index (κ3) is 4.40. The number of carbonyl (C=O) groups excluding carboxylic acids is 3. The molecular formula is C24H21F4N5O5. The second-order valence-electron chi connectivity index (χ2n) is 9.31. The van der Waals surface area contributed by atoms with E-state index in [0.717, 1.165) is 18.2 Å². The molecule has 14 heteroatoms. The number of carbonyl (C=O) groups is 3. The van der Waals surface area contributed by atoms with Crippen LogP contribution < -0.4 is 15.6 Å². The number of likely N-dealkylation sites (tertiary alicyclic amines) is 1. The number of primary amides is 1. The van der Waals surface area contributed by atoms with E-state index in [0.29, 0.717) is 23.4 Å². The predicted octanol–water partition coefficient (Wildman–Crippen LogP) is 2.30. The van der Waals surface area contributed by atoms with Gasteiger partial charge in [0, 0.05) is 22.9 Å². The number of rotatable bonds is 7. The van der Waals surface area contributed by atoms with Gasteiger partial charge in [0.25, 0.3) is 11.8 Å². The lowest BCUT2D eigenvalue weighted by atomic mass is 10.00. The molecule has 2 fully saturated rings. The van der Waals surface area contributed by atoms with Crippen molar-refractivity contribution in [2.24, 2.45) is 11.1 Å². The summed E-state index contributed by atoms with van der Waals surface area (Å²) in [6.45, 7) is -0.750. The standard InChI is InChI=1S/C24H21F4N5O5/c25-24(26,27)38-14-5-3-4-13(8-14)33(28)22(37)17-9-23(12-34)10-18(23)32(17)19(35)11-31-16-7-2-1-6-15(16)20(30-31)21(29)36/h1-8,17-18,34H,9-12H2,(H2,29,36)/t17-,18+,23-/m0/s1. The lowest BCUT2D eigenvalue weighted by molar-refractivity contribution is -0.274. The van der Waals surface area contributed by atoms with Crippen LogP contribution in [0.2, 0.25) is 0 Å². The highest BCUT2D eigenvalue weighted by atomic mass is 19.4. The Morgan fingerprint density at radius 2 is 1.89 bits per heavy atom. The van der Waals surface area contributed by atoms with Gasteiger partial charge in [-0.05, 0) is 31.0 Å². The number of fused-ring (bicyclic) bond motifs is 2. The van der Waals surface area contributed by atoms with Crippen LogP contribution in [-0.2, 0) is 16.1 Å². The maximum Gasteiger partial charge on any atom is 0.573 e. The zero-order valence-electron chi connectivity index (χ0n) is 19.6. The van der Waals surface area contributed by atoms with Crippen molar-refractivity contribution >= 4 is 34.3 Å². The number of aromatic nitrogens is 2. The molecule has 3 aromatic rings. The fourth-order valence-corrected chi connectivity index (χ4v) is 5.13. The number of hydrogen-bond acceptors (Lipinski definition) is 6. The van der Waals surface area contributed by atoms with Crippen LogP contribution >= 0.6 is 0 Å². The van der Waals surface area contributed by atoms with Crippen LogP contribution in [0.15, 0.2) is 48.5 Å². The van der Waals surface area contributed by atoms with E-state index in [1.165, 1.54) is 9.58 Å². The Kier molecular flexibility index (Phi) is 6.01. The quantitative estimate of drug-likeness (QED) is 0.353. The Hall–Kier alpha value is -4.20. The van der Waals surface area contributed by atoms with E-state index in [-0.39, 0.29) is 23.8 Å². The number of ether oxygens (including phenoxy) is 1. The van der Waals surface area contributed by atoms with Gasteiger partial charge in [-0.1, -0.05) is 28.7 Å². The highest BCUT2D eigenvalue weighted by Gasteiger charge is 2.67. The molecule has 5 rings (SSSR count). The Labute approximate surface area is 212 Å². The fourth-order valence-electron chi connectivity index (χ4n) is 5.13. The van der Waals surface area contributed by atoms with E-state index in [9.17, 15) is 32.7 Å². The Morgan fingerprint density at radius 3 is 2.58 bits per heavy atom. The molecule has 10 nitrogen and oxygen atoms in total. The summed E-state index contributed by atoms with van der Waals surface area (Å²) in [6, 6.07) is 8.52. The SMILES string of the molecule is NC(=O)c1nn(CC(=O)N2[C@H](C(=O)N(F)c3cccc(OC(F)(F)F)c3)C[C@@]3(CO)C[C@@H]23)c2ccccc12. The first-order chi connectivity index (χ1) is 17.9. The first-order valence-electron chi connectivity index (χ1n) is 11.5. The lowest BCUT2D eigenvalue weighted by Crippen LogP contribution is -2.48. The number of anilines is 1. The van der Waals surface area contributed by atoms with Crippen molar-refractivity contribution in [2.45, 2.75) is 37.8 Å². The topological polar surface area (TPSA) is 131 Å². The van der Waals surface area contributed by atoms with Gasteiger partial charge in [-0.25, -0.2) is 0 Å². The number of nitrogens with two attached hydrogens (primary N) is 1. The first-order valence-corrected chi connectivity index (χ1v) is 11.5. The summed E-state index contributed by atoms with van der Waals surface area (Å²) >= 11 is 0. The Balaban J connectivity index is 1.41. The number of alkyl halides is 3. The molecule has 3 N–H and O–H groups in total. The molecule has 38 heavy (non-hydrogen) atoms. The third-order valence-corrected chi connectivity index (χ3v) is 6.95. The van der Waals surface area contributed by atoms with Crippen molar-refractivity contribution in [1.29, 1.82) is 0 Å². The van der Waals surface area contributed by atoms with Crippen molar-refractivity contribution in [3.8, 4) is 5.75 Å². The van der Waals surface area contributed by atoms with Gasteiger partial charge in [0.2, 0.25) is 5.91 Å². The number of piperidine rings is 1. The van der Waals surface area contributed by atoms with Gasteiger partial charge in [0.15, 0.2) is 5.69 Å². The number of benzene rings is 2. The van der Waals surface area contributed by atoms with Crippen molar-refractivity contribution < 1.29 is 41.9 Å². The molecule has 1 saturated heterocycles. The number of para-hydroxylation sites is 1. The summed E-state index contributed by atoms with van der Waals surface area (Å²) in [5, 5.41) is 14.1. The minimum atomic E-state index is -5.02. The number of amides is 3. The first kappa shape index (κ1) is 25.4. The van der Waals surface area contributed by atoms with Crippen LogP contribution in [0, 0.1) is 5.41 Å². The molecule has 3 amide bonds. The van der Waals surface area contributed by atoms with Gasteiger partial charge in [-0.2, -0.15) is 5.10 Å². The van der Waals surface area contributed by atoms with Crippen molar-refractivity contribution in [3.05, 3.63) is 54.2 Å². The van der Waals surface area contributed by atoms with Crippen LogP contribution in [0.25, 0.3) is 10.9 Å². The maximum absolute atomic E-state index is 15.2. The summed E-state index contributed by atoms with van der Waals surface area (Å²) in [7, 11) is 0. The molecule has 0 bridgehead atoms. The molecule has 1 aliphatic heterocycles. The molecular weight excluding hydrogens is 514 g/mol. The Bertz CT molecular complexity index is 1440. The number of hydrogen-bond donors (Lipinski definition) is 2. The fraction of sp³-hybridized carbons (Fsp3) is 0.333. The van der Waals surface area contributed by atoms with E-state index in [4.69, 9.17) is 5.73 Å². The molecule has 1 aliphatic carbocycles. The molecule has 2 aliphatic rings. The van der Waals surface area contributed by atoms with E-state index >= 15 is 4.48 Å². The smallest absolute Gasteiger partial charge is 0.406 e. The molecule has 3 atom stereocenters. The molecule has 200 valence electrons. The highest BCUT2D eigenvalue weighted by molar-refractivity contribution is 6.04. The average molecular weight is 535 g/mol. The summed E-state index contributed by atoms with van der Waals surface area (Å²) in [4.78, 5) is 39.6. The normalized spacial score (nSPS) is 22.3. The number of aliphatic hydroxyl groups excluding tert-OH is 1. The van der Waals surface area contributed by atoms with Crippen LogP contribution in [0.5, 0.6) is 5.75 Å². The summed E-state index contributed by atoms with van der Waals surface area (Å²) < 4.78 is 58.0. The minimum absolute atomic E-state index is 0.0374. The molecule has 0 unspecified atom stereocenters. The molecule has 1 aromatic heterocycles. The van der Waals surface area contributed by atoms with Gasteiger partial charge in [-0.3, -0.25) is 19.1 Å². The molecule has 1 saturated carbocycles. The second kappa shape index (κ2) is 8.97. The number of halogens is 4.